The van der Waals surface area contributed by atoms with Crippen molar-refractivity contribution in [2.45, 2.75) is 13.0 Å². The molecule has 0 amide bonds. The van der Waals surface area contributed by atoms with E-state index in [1.54, 1.807) is 21.3 Å². The van der Waals surface area contributed by atoms with Gasteiger partial charge >= 0.3 is 0 Å². The zero-order chi connectivity index (χ0) is 21.1. The van der Waals surface area contributed by atoms with E-state index in [1.807, 2.05) is 37.4 Å². The molecule has 158 valence electrons. The van der Waals surface area contributed by atoms with Crippen LogP contribution >= 0.6 is 0 Å². The summed E-state index contributed by atoms with van der Waals surface area (Å²) in [7, 11) is 7.07. The minimum Gasteiger partial charge on any atom is -0.493 e. The van der Waals surface area contributed by atoms with Crippen molar-refractivity contribution in [2.24, 2.45) is 4.99 Å². The van der Waals surface area contributed by atoms with Gasteiger partial charge in [-0.05, 0) is 48.9 Å². The average molecular weight is 403 g/mol. The lowest BCUT2D eigenvalue weighted by Crippen LogP contribution is -2.41. The van der Waals surface area contributed by atoms with E-state index in [-0.39, 0.29) is 5.82 Å². The van der Waals surface area contributed by atoms with Crippen molar-refractivity contribution in [2.75, 3.05) is 47.9 Å². The molecule has 7 heteroatoms. The number of aliphatic imine (C=N–C) groups is 1. The van der Waals surface area contributed by atoms with Gasteiger partial charge in [-0.2, -0.15) is 0 Å². The minimum absolute atomic E-state index is 0.207. The van der Waals surface area contributed by atoms with Gasteiger partial charge in [-0.25, -0.2) is 4.39 Å². The van der Waals surface area contributed by atoms with Gasteiger partial charge in [0, 0.05) is 33.2 Å². The summed E-state index contributed by atoms with van der Waals surface area (Å²) in [6, 6.07) is 12.5. The van der Waals surface area contributed by atoms with Crippen LogP contribution in [0.15, 0.2) is 47.5 Å². The van der Waals surface area contributed by atoms with Crippen LogP contribution < -0.4 is 20.1 Å². The van der Waals surface area contributed by atoms with Crippen LogP contribution in [-0.2, 0) is 13.0 Å². The number of guanidine groups is 1. The highest BCUT2D eigenvalue weighted by Gasteiger charge is 2.05. The predicted molar refractivity (Wildman–Crippen MR) is 115 cm³/mol. The summed E-state index contributed by atoms with van der Waals surface area (Å²) in [6.45, 7) is 3.12. The second kappa shape index (κ2) is 11.9. The molecule has 0 aliphatic rings. The Labute approximate surface area is 172 Å². The Hall–Kier alpha value is -2.80. The first-order valence-corrected chi connectivity index (χ1v) is 9.64. The molecule has 0 aromatic heterocycles. The van der Waals surface area contributed by atoms with Gasteiger partial charge in [0.2, 0.25) is 0 Å². The van der Waals surface area contributed by atoms with Gasteiger partial charge in [-0.1, -0.05) is 18.2 Å². The van der Waals surface area contributed by atoms with Crippen LogP contribution in [0.3, 0.4) is 0 Å². The van der Waals surface area contributed by atoms with E-state index in [0.29, 0.717) is 0 Å². The van der Waals surface area contributed by atoms with E-state index in [0.717, 1.165) is 61.2 Å². The van der Waals surface area contributed by atoms with Gasteiger partial charge in [0.1, 0.15) is 5.82 Å². The van der Waals surface area contributed by atoms with Crippen LogP contribution in [0.1, 0.15) is 11.1 Å². The number of likely N-dealkylation sites (N-methyl/N-ethyl adjacent to an activating group) is 1. The number of ether oxygens (including phenoxy) is 2. The maximum atomic E-state index is 13.0. The average Bonchev–Trinajstić information content (AvgIpc) is 2.74. The van der Waals surface area contributed by atoms with Crippen LogP contribution in [0.4, 0.5) is 4.39 Å². The molecule has 0 unspecified atom stereocenters. The predicted octanol–water partition coefficient (Wildman–Crippen LogP) is 2.68. The number of benzene rings is 2. The molecule has 6 nitrogen and oxygen atoms in total. The van der Waals surface area contributed by atoms with E-state index < -0.39 is 0 Å². The summed E-state index contributed by atoms with van der Waals surface area (Å²) >= 11 is 0. The standard InChI is InChI=1S/C22H31FN4O2/c1-24-22(25-12-11-17-7-10-20(28-3)21(15-17)29-4)26-13-14-27(2)16-18-5-8-19(23)9-6-18/h5-10,15H,11-14,16H2,1-4H3,(H2,24,25,26). The Morgan fingerprint density at radius 2 is 1.62 bits per heavy atom. The first kappa shape index (κ1) is 22.5. The third-order valence-corrected chi connectivity index (χ3v) is 4.53. The quantitative estimate of drug-likeness (QED) is 0.473. The molecule has 2 rings (SSSR count). The molecule has 0 radical (unpaired) electrons. The Morgan fingerprint density at radius 1 is 0.966 bits per heavy atom. The first-order chi connectivity index (χ1) is 14.0. The molecule has 2 N–H and O–H groups in total. The lowest BCUT2D eigenvalue weighted by atomic mass is 10.1. The Kier molecular flexibility index (Phi) is 9.24. The van der Waals surface area contributed by atoms with Crippen molar-refractivity contribution in [3.63, 3.8) is 0 Å². The van der Waals surface area contributed by atoms with Crippen molar-refractivity contribution in [1.29, 1.82) is 0 Å². The van der Waals surface area contributed by atoms with Crippen LogP contribution in [0.5, 0.6) is 11.5 Å². The minimum atomic E-state index is -0.207. The molecular weight excluding hydrogens is 371 g/mol. The van der Waals surface area contributed by atoms with E-state index in [1.165, 1.54) is 12.1 Å². The van der Waals surface area contributed by atoms with E-state index in [4.69, 9.17) is 9.47 Å². The molecule has 0 aliphatic carbocycles. The molecule has 0 saturated carbocycles. The summed E-state index contributed by atoms with van der Waals surface area (Å²) in [5.41, 5.74) is 2.25. The van der Waals surface area contributed by atoms with Crippen LogP contribution in [0.2, 0.25) is 0 Å². The monoisotopic (exact) mass is 402 g/mol. The van der Waals surface area contributed by atoms with Crippen molar-refractivity contribution in [1.82, 2.24) is 15.5 Å². The Morgan fingerprint density at radius 3 is 2.28 bits per heavy atom. The SMILES string of the molecule is CN=C(NCCc1ccc(OC)c(OC)c1)NCCN(C)Cc1ccc(F)cc1. The van der Waals surface area contributed by atoms with Gasteiger partial charge in [0.05, 0.1) is 14.2 Å². The first-order valence-electron chi connectivity index (χ1n) is 9.64. The number of methoxy groups -OCH3 is 2. The number of halogens is 1. The highest BCUT2D eigenvalue weighted by molar-refractivity contribution is 5.79. The molecule has 0 saturated heterocycles. The molecule has 0 bridgehead atoms. The molecule has 0 fully saturated rings. The van der Waals surface area contributed by atoms with Crippen molar-refractivity contribution < 1.29 is 13.9 Å². The second-order valence-corrected chi connectivity index (χ2v) is 6.73. The summed E-state index contributed by atoms with van der Waals surface area (Å²) < 4.78 is 23.6. The summed E-state index contributed by atoms with van der Waals surface area (Å²) in [5.74, 6) is 2.02. The van der Waals surface area contributed by atoms with E-state index in [2.05, 4.69) is 20.5 Å². The fraction of sp³-hybridized carbons (Fsp3) is 0.409. The highest BCUT2D eigenvalue weighted by Crippen LogP contribution is 2.27. The molecule has 2 aromatic carbocycles. The summed E-state index contributed by atoms with van der Waals surface area (Å²) in [6.07, 6.45) is 0.839. The van der Waals surface area contributed by atoms with E-state index >= 15 is 0 Å². The van der Waals surface area contributed by atoms with Gasteiger partial charge in [0.25, 0.3) is 0 Å². The number of hydrogen-bond donors (Lipinski definition) is 2. The van der Waals surface area contributed by atoms with Crippen LogP contribution in [0, 0.1) is 5.82 Å². The van der Waals surface area contributed by atoms with Crippen molar-refractivity contribution >= 4 is 5.96 Å². The fourth-order valence-corrected chi connectivity index (χ4v) is 2.93. The molecule has 0 atom stereocenters. The maximum Gasteiger partial charge on any atom is 0.191 e. The zero-order valence-corrected chi connectivity index (χ0v) is 17.7. The third-order valence-electron chi connectivity index (χ3n) is 4.53. The topological polar surface area (TPSA) is 58.1 Å². The van der Waals surface area contributed by atoms with E-state index in [9.17, 15) is 4.39 Å². The molecule has 2 aromatic rings. The third kappa shape index (κ3) is 7.62. The fourth-order valence-electron chi connectivity index (χ4n) is 2.93. The molecular formula is C22H31FN4O2. The maximum absolute atomic E-state index is 13.0. The van der Waals surface area contributed by atoms with Gasteiger partial charge in [0.15, 0.2) is 17.5 Å². The zero-order valence-electron chi connectivity index (χ0n) is 17.7. The summed E-state index contributed by atoms with van der Waals surface area (Å²) in [5, 5.41) is 6.64. The number of nitrogens with one attached hydrogen (secondary N) is 2. The van der Waals surface area contributed by atoms with Crippen LogP contribution in [0.25, 0.3) is 0 Å². The number of hydrogen-bond acceptors (Lipinski definition) is 4. The highest BCUT2D eigenvalue weighted by atomic mass is 19.1. The number of rotatable bonds is 10. The van der Waals surface area contributed by atoms with Gasteiger partial charge in [-0.3, -0.25) is 4.99 Å². The lowest BCUT2D eigenvalue weighted by Gasteiger charge is -2.18. The van der Waals surface area contributed by atoms with Gasteiger partial charge in [-0.15, -0.1) is 0 Å². The number of nitrogens with zero attached hydrogens (tertiary/aromatic N) is 2. The lowest BCUT2D eigenvalue weighted by molar-refractivity contribution is 0.331. The van der Waals surface area contributed by atoms with Gasteiger partial charge < -0.3 is 25.0 Å². The Balaban J connectivity index is 1.70. The molecule has 29 heavy (non-hydrogen) atoms. The summed E-state index contributed by atoms with van der Waals surface area (Å²) in [4.78, 5) is 6.44. The van der Waals surface area contributed by atoms with Crippen molar-refractivity contribution in [3.05, 3.63) is 59.4 Å². The smallest absolute Gasteiger partial charge is 0.191 e. The Bertz CT molecular complexity index is 781. The normalized spacial score (nSPS) is 11.4. The van der Waals surface area contributed by atoms with Crippen LogP contribution in [-0.4, -0.2) is 58.8 Å². The largest absolute Gasteiger partial charge is 0.493 e. The molecule has 0 heterocycles. The molecule has 0 aliphatic heterocycles. The second-order valence-electron chi connectivity index (χ2n) is 6.73. The van der Waals surface area contributed by atoms with Crippen molar-refractivity contribution in [3.8, 4) is 11.5 Å². The molecule has 0 spiro atoms.